The zero-order chi connectivity index (χ0) is 29.2. The molecule has 3 aromatic carbocycles. The molecule has 3 amide bonds. The molecule has 1 saturated heterocycles. The number of nitrogens with zero attached hydrogens (tertiary/aromatic N) is 3. The van der Waals surface area contributed by atoms with E-state index >= 15 is 0 Å². The van der Waals surface area contributed by atoms with Gasteiger partial charge in [-0.1, -0.05) is 24.3 Å². The van der Waals surface area contributed by atoms with Crippen LogP contribution in [0.5, 0.6) is 5.75 Å². The van der Waals surface area contributed by atoms with Crippen molar-refractivity contribution in [1.29, 1.82) is 0 Å². The van der Waals surface area contributed by atoms with Crippen LogP contribution in [0.15, 0.2) is 72.8 Å². The summed E-state index contributed by atoms with van der Waals surface area (Å²) in [6, 6.07) is 21.7. The van der Waals surface area contributed by atoms with Gasteiger partial charge >= 0.3 is 0 Å². The summed E-state index contributed by atoms with van der Waals surface area (Å²) in [5, 5.41) is 2.89. The fourth-order valence-corrected chi connectivity index (χ4v) is 5.28. The van der Waals surface area contributed by atoms with Crippen molar-refractivity contribution >= 4 is 51.7 Å². The minimum absolute atomic E-state index is 0.182. The first-order chi connectivity index (χ1) is 19.8. The van der Waals surface area contributed by atoms with Crippen molar-refractivity contribution in [3.63, 3.8) is 0 Å². The van der Waals surface area contributed by atoms with Gasteiger partial charge in [0, 0.05) is 54.5 Å². The molecule has 0 radical (unpaired) electrons. The van der Waals surface area contributed by atoms with Gasteiger partial charge in [0.05, 0.1) is 17.9 Å². The van der Waals surface area contributed by atoms with E-state index in [2.05, 4.69) is 39.9 Å². The summed E-state index contributed by atoms with van der Waals surface area (Å²) in [6.07, 6.45) is 3.15. The Balaban J connectivity index is 1.25. The number of carbonyl (C=O) groups is 3. The van der Waals surface area contributed by atoms with Gasteiger partial charge in [0.1, 0.15) is 5.75 Å². The van der Waals surface area contributed by atoms with Crippen LogP contribution in [-0.2, 0) is 4.79 Å². The van der Waals surface area contributed by atoms with Crippen molar-refractivity contribution in [3.8, 4) is 5.75 Å². The Morgan fingerprint density at radius 1 is 0.878 bits per heavy atom. The third kappa shape index (κ3) is 8.53. The molecule has 1 aliphatic heterocycles. The standard InChI is InChI=1S/C32H37IN4O4/c1-35-19-21-37(22-20-35)30(38)14-4-3-9-23-41-29-13-8-7-12-28(29)36(2)32(40)24-15-17-25(18-16-24)34-31(39)26-10-5-6-11-27(26)33/h5-8,10-13,15-18H,3-4,9,14,19-23H2,1-2H3,(H,34,39). The number of hydrogen-bond donors (Lipinski definition) is 1. The largest absolute Gasteiger partial charge is 0.491 e. The second-order valence-electron chi connectivity index (χ2n) is 10.2. The monoisotopic (exact) mass is 668 g/mol. The number of ether oxygens (including phenoxy) is 1. The first-order valence-corrected chi connectivity index (χ1v) is 15.0. The lowest BCUT2D eigenvalue weighted by atomic mass is 10.1. The van der Waals surface area contributed by atoms with Crippen molar-refractivity contribution in [1.82, 2.24) is 9.80 Å². The van der Waals surface area contributed by atoms with Crippen LogP contribution in [0.2, 0.25) is 0 Å². The van der Waals surface area contributed by atoms with E-state index in [-0.39, 0.29) is 17.7 Å². The number of carbonyl (C=O) groups excluding carboxylic acids is 3. The van der Waals surface area contributed by atoms with Gasteiger partial charge in [-0.05, 0) is 97.4 Å². The Morgan fingerprint density at radius 2 is 1.56 bits per heavy atom. The quantitative estimate of drug-likeness (QED) is 0.215. The molecular weight excluding hydrogens is 631 g/mol. The molecule has 0 atom stereocenters. The SMILES string of the molecule is CN1CCN(C(=O)CCCCCOc2ccccc2N(C)C(=O)c2ccc(NC(=O)c3ccccc3I)cc2)CC1. The molecule has 0 aromatic heterocycles. The molecule has 216 valence electrons. The lowest BCUT2D eigenvalue weighted by molar-refractivity contribution is -0.132. The van der Waals surface area contributed by atoms with Gasteiger partial charge in [-0.2, -0.15) is 0 Å². The molecule has 9 heteroatoms. The highest BCUT2D eigenvalue weighted by molar-refractivity contribution is 14.1. The smallest absolute Gasteiger partial charge is 0.258 e. The van der Waals surface area contributed by atoms with E-state index in [4.69, 9.17) is 4.74 Å². The minimum atomic E-state index is -0.195. The van der Waals surface area contributed by atoms with E-state index in [1.165, 1.54) is 0 Å². The second-order valence-corrected chi connectivity index (χ2v) is 11.3. The number of unbranched alkanes of at least 4 members (excludes halogenated alkanes) is 2. The van der Waals surface area contributed by atoms with Crippen LogP contribution in [0.3, 0.4) is 0 Å². The zero-order valence-electron chi connectivity index (χ0n) is 23.6. The van der Waals surface area contributed by atoms with Crippen molar-refractivity contribution in [3.05, 3.63) is 87.5 Å². The summed E-state index contributed by atoms with van der Waals surface area (Å²) in [7, 11) is 3.81. The molecular formula is C32H37IN4O4. The van der Waals surface area contributed by atoms with Crippen molar-refractivity contribution in [2.24, 2.45) is 0 Å². The van der Waals surface area contributed by atoms with Crippen LogP contribution in [0, 0.1) is 3.57 Å². The number of nitrogens with one attached hydrogen (secondary N) is 1. The number of anilines is 2. The first kappa shape index (κ1) is 30.5. The number of likely N-dealkylation sites (N-methyl/N-ethyl adjacent to an activating group) is 1. The van der Waals surface area contributed by atoms with Crippen molar-refractivity contribution in [2.75, 3.05) is 57.1 Å². The average molecular weight is 669 g/mol. The number of halogens is 1. The molecule has 1 aliphatic rings. The van der Waals surface area contributed by atoms with Crippen LogP contribution < -0.4 is 15.0 Å². The zero-order valence-corrected chi connectivity index (χ0v) is 25.8. The van der Waals surface area contributed by atoms with Gasteiger partial charge < -0.3 is 24.8 Å². The fourth-order valence-electron chi connectivity index (χ4n) is 4.65. The summed E-state index contributed by atoms with van der Waals surface area (Å²) < 4.78 is 6.92. The maximum Gasteiger partial charge on any atom is 0.258 e. The number of rotatable bonds is 11. The molecule has 0 aliphatic carbocycles. The Labute approximate surface area is 255 Å². The maximum absolute atomic E-state index is 13.3. The van der Waals surface area contributed by atoms with Crippen LogP contribution in [-0.4, -0.2) is 74.4 Å². The number of benzene rings is 3. The van der Waals surface area contributed by atoms with Gasteiger partial charge in [0.15, 0.2) is 0 Å². The summed E-state index contributed by atoms with van der Waals surface area (Å²) in [6.45, 7) is 4.02. The summed E-state index contributed by atoms with van der Waals surface area (Å²) in [4.78, 5) is 44.1. The first-order valence-electron chi connectivity index (χ1n) is 14.0. The molecule has 0 saturated carbocycles. The predicted molar refractivity (Wildman–Crippen MR) is 171 cm³/mol. The van der Waals surface area contributed by atoms with E-state index in [1.807, 2.05) is 47.4 Å². The molecule has 41 heavy (non-hydrogen) atoms. The Morgan fingerprint density at radius 3 is 2.29 bits per heavy atom. The van der Waals surface area contributed by atoms with Crippen molar-refractivity contribution in [2.45, 2.75) is 25.7 Å². The van der Waals surface area contributed by atoms with E-state index in [0.29, 0.717) is 41.3 Å². The van der Waals surface area contributed by atoms with E-state index in [9.17, 15) is 14.4 Å². The van der Waals surface area contributed by atoms with Gasteiger partial charge in [0.25, 0.3) is 11.8 Å². The Kier molecular flexibility index (Phi) is 11.1. The lowest BCUT2D eigenvalue weighted by Crippen LogP contribution is -2.47. The normalized spacial score (nSPS) is 13.5. The van der Waals surface area contributed by atoms with Gasteiger partial charge in [-0.15, -0.1) is 0 Å². The van der Waals surface area contributed by atoms with Crippen LogP contribution >= 0.6 is 22.6 Å². The van der Waals surface area contributed by atoms with Gasteiger partial charge in [-0.3, -0.25) is 14.4 Å². The van der Waals surface area contributed by atoms with Crippen LogP contribution in [0.4, 0.5) is 11.4 Å². The highest BCUT2D eigenvalue weighted by Gasteiger charge is 2.19. The van der Waals surface area contributed by atoms with E-state index < -0.39 is 0 Å². The molecule has 4 rings (SSSR count). The fraction of sp³-hybridized carbons (Fsp3) is 0.344. The molecule has 3 aromatic rings. The topological polar surface area (TPSA) is 82.2 Å². The molecule has 1 fully saturated rings. The highest BCUT2D eigenvalue weighted by atomic mass is 127. The average Bonchev–Trinajstić information content (AvgIpc) is 2.99. The predicted octanol–water partition coefficient (Wildman–Crippen LogP) is 5.53. The third-order valence-corrected chi connectivity index (χ3v) is 8.13. The van der Waals surface area contributed by atoms with Crippen LogP contribution in [0.1, 0.15) is 46.4 Å². The number of amides is 3. The van der Waals surface area contributed by atoms with Gasteiger partial charge in [-0.25, -0.2) is 0 Å². The Bertz CT molecular complexity index is 1340. The summed E-state index contributed by atoms with van der Waals surface area (Å²) in [5.74, 6) is 0.502. The highest BCUT2D eigenvalue weighted by Crippen LogP contribution is 2.29. The second kappa shape index (κ2) is 15.0. The molecule has 1 heterocycles. The summed E-state index contributed by atoms with van der Waals surface area (Å²) >= 11 is 2.14. The molecule has 0 unspecified atom stereocenters. The van der Waals surface area contributed by atoms with Gasteiger partial charge in [0.2, 0.25) is 5.91 Å². The number of para-hydroxylation sites is 2. The minimum Gasteiger partial charge on any atom is -0.491 e. The molecule has 1 N–H and O–H groups in total. The molecule has 0 spiro atoms. The van der Waals surface area contributed by atoms with E-state index in [0.717, 1.165) is 49.0 Å². The van der Waals surface area contributed by atoms with Crippen molar-refractivity contribution < 1.29 is 19.1 Å². The number of hydrogen-bond acceptors (Lipinski definition) is 5. The lowest BCUT2D eigenvalue weighted by Gasteiger charge is -2.32. The number of piperazine rings is 1. The third-order valence-electron chi connectivity index (χ3n) is 7.19. The Hall–Kier alpha value is -3.44. The van der Waals surface area contributed by atoms with Crippen LogP contribution in [0.25, 0.3) is 0 Å². The molecule has 0 bridgehead atoms. The maximum atomic E-state index is 13.3. The summed E-state index contributed by atoms with van der Waals surface area (Å²) in [5.41, 5.74) is 2.39. The molecule has 8 nitrogen and oxygen atoms in total. The van der Waals surface area contributed by atoms with E-state index in [1.54, 1.807) is 42.3 Å².